The Bertz CT molecular complexity index is 398. The van der Waals surface area contributed by atoms with Crippen molar-refractivity contribution in [2.24, 2.45) is 0 Å². The molecular formula is C8H9ClO4S. The molecule has 78 valence electrons. The molecule has 0 aliphatic rings. The van der Waals surface area contributed by atoms with Gasteiger partial charge in [-0.25, -0.2) is 8.42 Å². The molecule has 0 aromatic heterocycles. The SMILES string of the molecule is O=S(=O)(Cl)c1ccc(C(O)CO)cc1. The number of benzene rings is 1. The molecule has 14 heavy (non-hydrogen) atoms. The van der Waals surface area contributed by atoms with Gasteiger partial charge in [-0.05, 0) is 17.7 Å². The minimum Gasteiger partial charge on any atom is -0.393 e. The fourth-order valence-corrected chi connectivity index (χ4v) is 1.73. The summed E-state index contributed by atoms with van der Waals surface area (Å²) in [5.41, 5.74) is 0.441. The normalized spacial score (nSPS) is 13.9. The maximum Gasteiger partial charge on any atom is 0.261 e. The number of hydrogen-bond acceptors (Lipinski definition) is 4. The minimum atomic E-state index is -3.72. The highest BCUT2D eigenvalue weighted by Gasteiger charge is 2.11. The van der Waals surface area contributed by atoms with Gasteiger partial charge >= 0.3 is 0 Å². The predicted molar refractivity (Wildman–Crippen MR) is 51.5 cm³/mol. The third kappa shape index (κ3) is 2.68. The van der Waals surface area contributed by atoms with Crippen LogP contribution >= 0.6 is 10.7 Å². The molecule has 4 nitrogen and oxygen atoms in total. The third-order valence-corrected chi connectivity index (χ3v) is 3.09. The summed E-state index contributed by atoms with van der Waals surface area (Å²) in [6.07, 6.45) is -0.998. The highest BCUT2D eigenvalue weighted by atomic mass is 35.7. The number of aliphatic hydroxyl groups is 2. The lowest BCUT2D eigenvalue weighted by molar-refractivity contribution is 0.0956. The summed E-state index contributed by atoms with van der Waals surface area (Å²) in [5, 5.41) is 17.8. The van der Waals surface area contributed by atoms with E-state index >= 15 is 0 Å². The van der Waals surface area contributed by atoms with Crippen LogP contribution in [0.3, 0.4) is 0 Å². The van der Waals surface area contributed by atoms with Crippen molar-refractivity contribution in [1.82, 2.24) is 0 Å². The Morgan fingerprint density at radius 3 is 2.14 bits per heavy atom. The summed E-state index contributed by atoms with van der Waals surface area (Å²) in [4.78, 5) is -0.0342. The van der Waals surface area contributed by atoms with Crippen LogP contribution in [0.25, 0.3) is 0 Å². The average Bonchev–Trinajstić information content (AvgIpc) is 2.15. The van der Waals surface area contributed by atoms with Gasteiger partial charge in [0.15, 0.2) is 0 Å². The largest absolute Gasteiger partial charge is 0.393 e. The molecular weight excluding hydrogens is 228 g/mol. The lowest BCUT2D eigenvalue weighted by atomic mass is 10.1. The number of rotatable bonds is 3. The second kappa shape index (κ2) is 4.27. The average molecular weight is 237 g/mol. The van der Waals surface area contributed by atoms with Gasteiger partial charge in [0.2, 0.25) is 0 Å². The molecule has 1 aromatic rings. The van der Waals surface area contributed by atoms with Gasteiger partial charge < -0.3 is 10.2 Å². The van der Waals surface area contributed by atoms with E-state index in [9.17, 15) is 13.5 Å². The zero-order valence-corrected chi connectivity index (χ0v) is 8.66. The lowest BCUT2D eigenvalue weighted by Gasteiger charge is -2.06. The van der Waals surface area contributed by atoms with E-state index < -0.39 is 21.8 Å². The molecule has 0 saturated carbocycles. The van der Waals surface area contributed by atoms with Crippen LogP contribution in [0.4, 0.5) is 0 Å². The van der Waals surface area contributed by atoms with Crippen LogP contribution in [0.2, 0.25) is 0 Å². The van der Waals surface area contributed by atoms with E-state index in [0.29, 0.717) is 5.56 Å². The topological polar surface area (TPSA) is 74.6 Å². The van der Waals surface area contributed by atoms with Gasteiger partial charge in [0, 0.05) is 10.7 Å². The van der Waals surface area contributed by atoms with E-state index in [1.807, 2.05) is 0 Å². The Labute approximate surface area is 86.2 Å². The molecule has 1 aromatic carbocycles. The summed E-state index contributed by atoms with van der Waals surface area (Å²) in [6.45, 7) is -0.410. The van der Waals surface area contributed by atoms with Crippen LogP contribution in [-0.4, -0.2) is 25.2 Å². The van der Waals surface area contributed by atoms with Crippen molar-refractivity contribution in [1.29, 1.82) is 0 Å². The quantitative estimate of drug-likeness (QED) is 0.756. The molecule has 0 spiro atoms. The van der Waals surface area contributed by atoms with Gasteiger partial charge in [-0.3, -0.25) is 0 Å². The summed E-state index contributed by atoms with van der Waals surface area (Å²) in [6, 6.07) is 5.35. The fraction of sp³-hybridized carbons (Fsp3) is 0.250. The molecule has 1 atom stereocenters. The Kier molecular flexibility index (Phi) is 3.49. The first-order chi connectivity index (χ1) is 6.45. The highest BCUT2D eigenvalue weighted by Crippen LogP contribution is 2.18. The van der Waals surface area contributed by atoms with Gasteiger partial charge in [-0.2, -0.15) is 0 Å². The van der Waals surface area contributed by atoms with Crippen LogP contribution in [0.1, 0.15) is 11.7 Å². The number of hydrogen-bond donors (Lipinski definition) is 2. The van der Waals surface area contributed by atoms with Crippen LogP contribution < -0.4 is 0 Å². The third-order valence-electron chi connectivity index (χ3n) is 1.72. The highest BCUT2D eigenvalue weighted by molar-refractivity contribution is 8.13. The molecule has 0 aliphatic carbocycles. The van der Waals surface area contributed by atoms with Crippen molar-refractivity contribution >= 4 is 19.7 Å². The second-order valence-corrected chi connectivity index (χ2v) is 5.27. The Morgan fingerprint density at radius 2 is 1.79 bits per heavy atom. The van der Waals surface area contributed by atoms with Crippen LogP contribution in [0, 0.1) is 0 Å². The first-order valence-corrected chi connectivity index (χ1v) is 6.09. The molecule has 0 radical (unpaired) electrons. The van der Waals surface area contributed by atoms with E-state index in [-0.39, 0.29) is 4.90 Å². The molecule has 1 rings (SSSR count). The Morgan fingerprint density at radius 1 is 1.29 bits per heavy atom. The van der Waals surface area contributed by atoms with E-state index in [2.05, 4.69) is 0 Å². The number of halogens is 1. The van der Waals surface area contributed by atoms with Crippen LogP contribution in [0.15, 0.2) is 29.2 Å². The number of aliphatic hydroxyl groups excluding tert-OH is 2. The van der Waals surface area contributed by atoms with Crippen LogP contribution in [0.5, 0.6) is 0 Å². The molecule has 1 unspecified atom stereocenters. The molecule has 0 saturated heterocycles. The monoisotopic (exact) mass is 236 g/mol. The van der Waals surface area contributed by atoms with Gasteiger partial charge in [-0.1, -0.05) is 12.1 Å². The predicted octanol–water partition coefficient (Wildman–Crippen LogP) is 0.640. The van der Waals surface area contributed by atoms with E-state index in [1.54, 1.807) is 0 Å². The van der Waals surface area contributed by atoms with E-state index in [4.69, 9.17) is 15.8 Å². The van der Waals surface area contributed by atoms with E-state index in [0.717, 1.165) is 0 Å². The first-order valence-electron chi connectivity index (χ1n) is 3.78. The summed E-state index contributed by atoms with van der Waals surface area (Å²) >= 11 is 0. The van der Waals surface area contributed by atoms with Crippen molar-refractivity contribution in [3.63, 3.8) is 0 Å². The molecule has 0 heterocycles. The van der Waals surface area contributed by atoms with Crippen molar-refractivity contribution in [3.8, 4) is 0 Å². The first kappa shape index (κ1) is 11.5. The van der Waals surface area contributed by atoms with E-state index in [1.165, 1.54) is 24.3 Å². The summed E-state index contributed by atoms with van der Waals surface area (Å²) < 4.78 is 21.7. The maximum absolute atomic E-state index is 10.8. The lowest BCUT2D eigenvalue weighted by Crippen LogP contribution is -2.02. The van der Waals surface area contributed by atoms with Crippen molar-refractivity contribution in [2.45, 2.75) is 11.0 Å². The molecule has 0 bridgehead atoms. The van der Waals surface area contributed by atoms with Gasteiger partial charge in [0.25, 0.3) is 9.05 Å². The molecule has 0 aliphatic heterocycles. The zero-order valence-electron chi connectivity index (χ0n) is 7.09. The standard InChI is InChI=1S/C8H9ClO4S/c9-14(12,13)7-3-1-6(2-4-7)8(11)5-10/h1-4,8,10-11H,5H2. The molecule has 2 N–H and O–H groups in total. The van der Waals surface area contributed by atoms with Gasteiger partial charge in [0.1, 0.15) is 6.10 Å². The van der Waals surface area contributed by atoms with Crippen molar-refractivity contribution in [3.05, 3.63) is 29.8 Å². The van der Waals surface area contributed by atoms with Crippen molar-refractivity contribution in [2.75, 3.05) is 6.61 Å². The second-order valence-electron chi connectivity index (χ2n) is 2.71. The van der Waals surface area contributed by atoms with Crippen molar-refractivity contribution < 1.29 is 18.6 Å². The molecule has 0 fully saturated rings. The maximum atomic E-state index is 10.8. The van der Waals surface area contributed by atoms with Gasteiger partial charge in [-0.15, -0.1) is 0 Å². The Balaban J connectivity index is 3.01. The summed E-state index contributed by atoms with van der Waals surface area (Å²) in [7, 11) is 1.36. The molecule has 0 amide bonds. The van der Waals surface area contributed by atoms with Crippen LogP contribution in [-0.2, 0) is 9.05 Å². The smallest absolute Gasteiger partial charge is 0.261 e. The van der Waals surface area contributed by atoms with Gasteiger partial charge in [0.05, 0.1) is 11.5 Å². The summed E-state index contributed by atoms with van der Waals surface area (Å²) in [5.74, 6) is 0. The Hall–Kier alpha value is -0.620. The fourth-order valence-electron chi connectivity index (χ4n) is 0.958. The minimum absolute atomic E-state index is 0.0342. The zero-order chi connectivity index (χ0) is 10.8. The molecule has 6 heteroatoms.